The minimum absolute atomic E-state index is 0.0560. The Bertz CT molecular complexity index is 980. The van der Waals surface area contributed by atoms with Crippen molar-refractivity contribution in [2.75, 3.05) is 12.4 Å². The molecule has 5 heteroatoms. The number of carbonyl (C=O) groups is 1. The molecule has 0 saturated heterocycles. The number of aromatic nitrogens is 1. The lowest BCUT2D eigenvalue weighted by molar-refractivity contribution is -0.111. The summed E-state index contributed by atoms with van der Waals surface area (Å²) in [5.41, 5.74) is 1.68. The van der Waals surface area contributed by atoms with Crippen molar-refractivity contribution < 1.29 is 14.3 Å². The Morgan fingerprint density at radius 3 is 2.67 bits per heavy atom. The van der Waals surface area contributed by atoms with E-state index in [9.17, 15) is 4.79 Å². The van der Waals surface area contributed by atoms with Crippen LogP contribution in [0, 0.1) is 0 Å². The summed E-state index contributed by atoms with van der Waals surface area (Å²) in [6, 6.07) is 17.0. The Balaban J connectivity index is 1.70. The fraction of sp³-hybridized carbons (Fsp3) is 0.182. The van der Waals surface area contributed by atoms with Gasteiger partial charge in [-0.25, -0.2) is 4.98 Å². The van der Waals surface area contributed by atoms with Crippen LogP contribution in [0.1, 0.15) is 19.4 Å². The van der Waals surface area contributed by atoms with Crippen LogP contribution in [0.4, 0.5) is 5.82 Å². The second-order valence-electron chi connectivity index (χ2n) is 6.29. The standard InChI is InChI=1S/C22H22N2O3/c1-15(2)27-19-11-8-16(14-20(19)26-3)9-13-22(25)24-21-12-10-17-6-4-5-7-18(17)23-21/h4-15H,1-3H3,(H,23,24,25)/b13-9+. The van der Waals surface area contributed by atoms with E-state index < -0.39 is 0 Å². The molecule has 0 unspecified atom stereocenters. The first-order valence-corrected chi connectivity index (χ1v) is 8.74. The topological polar surface area (TPSA) is 60.5 Å². The van der Waals surface area contributed by atoms with Gasteiger partial charge in [0.15, 0.2) is 11.5 Å². The van der Waals surface area contributed by atoms with Crippen molar-refractivity contribution in [3.05, 3.63) is 66.2 Å². The first-order valence-electron chi connectivity index (χ1n) is 8.74. The molecule has 3 aromatic rings. The molecular formula is C22H22N2O3. The van der Waals surface area contributed by atoms with E-state index >= 15 is 0 Å². The number of para-hydroxylation sites is 1. The molecule has 27 heavy (non-hydrogen) atoms. The first kappa shape index (κ1) is 18.5. The van der Waals surface area contributed by atoms with E-state index in [4.69, 9.17) is 9.47 Å². The molecule has 0 fully saturated rings. The number of methoxy groups -OCH3 is 1. The molecule has 0 bridgehead atoms. The third-order valence-electron chi connectivity index (χ3n) is 3.83. The zero-order valence-corrected chi connectivity index (χ0v) is 15.6. The van der Waals surface area contributed by atoms with Crippen LogP contribution >= 0.6 is 0 Å². The molecule has 0 aliphatic rings. The summed E-state index contributed by atoms with van der Waals surface area (Å²) in [5, 5.41) is 3.81. The summed E-state index contributed by atoms with van der Waals surface area (Å²) < 4.78 is 11.1. The fourth-order valence-electron chi connectivity index (χ4n) is 2.61. The number of fused-ring (bicyclic) bond motifs is 1. The maximum absolute atomic E-state index is 12.2. The molecule has 0 saturated carbocycles. The maximum atomic E-state index is 12.2. The molecule has 2 aromatic carbocycles. The largest absolute Gasteiger partial charge is 0.493 e. The lowest BCUT2D eigenvalue weighted by Gasteiger charge is -2.13. The molecule has 0 radical (unpaired) electrons. The lowest BCUT2D eigenvalue weighted by Crippen LogP contribution is -2.09. The predicted molar refractivity (Wildman–Crippen MR) is 108 cm³/mol. The average molecular weight is 362 g/mol. The number of amides is 1. The van der Waals surface area contributed by atoms with Gasteiger partial charge in [-0.05, 0) is 55.8 Å². The number of hydrogen-bond donors (Lipinski definition) is 1. The van der Waals surface area contributed by atoms with E-state index in [1.54, 1.807) is 19.3 Å². The van der Waals surface area contributed by atoms with Gasteiger partial charge in [0.1, 0.15) is 5.82 Å². The first-order chi connectivity index (χ1) is 13.0. The molecule has 3 rings (SSSR count). The van der Waals surface area contributed by atoms with E-state index in [-0.39, 0.29) is 12.0 Å². The van der Waals surface area contributed by atoms with Crippen LogP contribution in [-0.2, 0) is 4.79 Å². The number of ether oxygens (including phenoxy) is 2. The summed E-state index contributed by atoms with van der Waals surface area (Å²) in [7, 11) is 1.59. The zero-order valence-electron chi connectivity index (χ0n) is 15.6. The monoisotopic (exact) mass is 362 g/mol. The van der Waals surface area contributed by atoms with Crippen LogP contribution in [0.2, 0.25) is 0 Å². The minimum Gasteiger partial charge on any atom is -0.493 e. The second-order valence-corrected chi connectivity index (χ2v) is 6.29. The molecule has 138 valence electrons. The Hall–Kier alpha value is -3.34. The average Bonchev–Trinajstić information content (AvgIpc) is 2.66. The van der Waals surface area contributed by atoms with Gasteiger partial charge in [0.05, 0.1) is 18.7 Å². The van der Waals surface area contributed by atoms with Crippen LogP contribution < -0.4 is 14.8 Å². The number of pyridine rings is 1. The third-order valence-corrected chi connectivity index (χ3v) is 3.83. The summed E-state index contributed by atoms with van der Waals surface area (Å²) in [5.74, 6) is 1.57. The minimum atomic E-state index is -0.251. The number of rotatable bonds is 6. The highest BCUT2D eigenvalue weighted by Crippen LogP contribution is 2.29. The SMILES string of the molecule is COc1cc(/C=C/C(=O)Nc2ccc3ccccc3n2)ccc1OC(C)C. The summed E-state index contributed by atoms with van der Waals surface area (Å²) in [4.78, 5) is 16.6. The number of nitrogens with one attached hydrogen (secondary N) is 1. The van der Waals surface area contributed by atoms with Gasteiger partial charge in [-0.1, -0.05) is 24.3 Å². The predicted octanol–water partition coefficient (Wildman–Crippen LogP) is 4.68. The number of hydrogen-bond acceptors (Lipinski definition) is 4. The van der Waals surface area contributed by atoms with Crippen LogP contribution in [0.15, 0.2) is 60.7 Å². The summed E-state index contributed by atoms with van der Waals surface area (Å²) in [6.07, 6.45) is 3.24. The van der Waals surface area contributed by atoms with E-state index in [2.05, 4.69) is 10.3 Å². The molecule has 1 N–H and O–H groups in total. The van der Waals surface area contributed by atoms with Crippen molar-refractivity contribution in [2.45, 2.75) is 20.0 Å². The third kappa shape index (κ3) is 4.85. The highest BCUT2D eigenvalue weighted by molar-refractivity contribution is 6.01. The Kier molecular flexibility index (Phi) is 5.71. The normalized spacial score (nSPS) is 11.1. The van der Waals surface area contributed by atoms with Crippen molar-refractivity contribution in [1.29, 1.82) is 0 Å². The molecule has 5 nitrogen and oxygen atoms in total. The van der Waals surface area contributed by atoms with Gasteiger partial charge in [-0.15, -0.1) is 0 Å². The van der Waals surface area contributed by atoms with Gasteiger partial charge < -0.3 is 14.8 Å². The van der Waals surface area contributed by atoms with Gasteiger partial charge in [-0.3, -0.25) is 4.79 Å². The Morgan fingerprint density at radius 1 is 1.07 bits per heavy atom. The van der Waals surface area contributed by atoms with Crippen LogP contribution in [0.3, 0.4) is 0 Å². The molecule has 1 aromatic heterocycles. The molecular weight excluding hydrogens is 340 g/mol. The maximum Gasteiger partial charge on any atom is 0.249 e. The van der Waals surface area contributed by atoms with Crippen LogP contribution in [-0.4, -0.2) is 24.1 Å². The van der Waals surface area contributed by atoms with E-state index in [1.807, 2.05) is 62.4 Å². The van der Waals surface area contributed by atoms with Gasteiger partial charge in [0.25, 0.3) is 0 Å². The molecule has 1 heterocycles. The van der Waals surface area contributed by atoms with Gasteiger partial charge in [-0.2, -0.15) is 0 Å². The van der Waals surface area contributed by atoms with E-state index in [0.29, 0.717) is 17.3 Å². The van der Waals surface area contributed by atoms with E-state index in [1.165, 1.54) is 6.08 Å². The number of benzene rings is 2. The highest BCUT2D eigenvalue weighted by atomic mass is 16.5. The fourth-order valence-corrected chi connectivity index (χ4v) is 2.61. The second kappa shape index (κ2) is 8.36. The summed E-state index contributed by atoms with van der Waals surface area (Å²) in [6.45, 7) is 3.91. The quantitative estimate of drug-likeness (QED) is 0.647. The van der Waals surface area contributed by atoms with Crippen molar-refractivity contribution in [3.8, 4) is 11.5 Å². The number of nitrogens with zero attached hydrogens (tertiary/aromatic N) is 1. The number of carbonyl (C=O) groups excluding carboxylic acids is 1. The van der Waals surface area contributed by atoms with Crippen molar-refractivity contribution in [3.63, 3.8) is 0 Å². The van der Waals surface area contributed by atoms with Gasteiger partial charge in [0, 0.05) is 11.5 Å². The Morgan fingerprint density at radius 2 is 1.89 bits per heavy atom. The van der Waals surface area contributed by atoms with Crippen LogP contribution in [0.25, 0.3) is 17.0 Å². The van der Waals surface area contributed by atoms with Crippen LogP contribution in [0.5, 0.6) is 11.5 Å². The van der Waals surface area contributed by atoms with Crippen molar-refractivity contribution in [2.24, 2.45) is 0 Å². The van der Waals surface area contributed by atoms with Gasteiger partial charge in [0.2, 0.25) is 5.91 Å². The van der Waals surface area contributed by atoms with Gasteiger partial charge >= 0.3 is 0 Å². The molecule has 0 aliphatic heterocycles. The smallest absolute Gasteiger partial charge is 0.249 e. The summed E-state index contributed by atoms with van der Waals surface area (Å²) >= 11 is 0. The van der Waals surface area contributed by atoms with E-state index in [0.717, 1.165) is 16.5 Å². The van der Waals surface area contributed by atoms with Crippen molar-refractivity contribution >= 4 is 28.7 Å². The molecule has 0 aliphatic carbocycles. The lowest BCUT2D eigenvalue weighted by atomic mass is 10.2. The molecule has 1 amide bonds. The molecule has 0 atom stereocenters. The number of anilines is 1. The molecule has 0 spiro atoms. The van der Waals surface area contributed by atoms with Crippen molar-refractivity contribution in [1.82, 2.24) is 4.98 Å². The Labute approximate surface area is 158 Å². The highest BCUT2D eigenvalue weighted by Gasteiger charge is 2.07. The zero-order chi connectivity index (χ0) is 19.2.